The van der Waals surface area contributed by atoms with E-state index in [0.717, 1.165) is 89.9 Å². The molecule has 62 heavy (non-hydrogen) atoms. The van der Waals surface area contributed by atoms with Gasteiger partial charge in [0.1, 0.15) is 13.2 Å². The molecule has 358 valence electrons. The van der Waals surface area contributed by atoms with Crippen LogP contribution < -0.4 is 0 Å². The first-order valence-corrected chi connectivity index (χ1v) is 26.3. The molecule has 0 fully saturated rings. The van der Waals surface area contributed by atoms with Crippen LogP contribution in [0, 0.1) is 0 Å². The summed E-state index contributed by atoms with van der Waals surface area (Å²) in [6.07, 6.45) is 62.3. The van der Waals surface area contributed by atoms with Gasteiger partial charge in [-0.05, 0) is 64.2 Å². The van der Waals surface area contributed by atoms with Gasteiger partial charge < -0.3 is 14.2 Å². The van der Waals surface area contributed by atoms with Gasteiger partial charge in [-0.1, -0.05) is 236 Å². The van der Waals surface area contributed by atoms with E-state index in [4.69, 9.17) is 14.2 Å². The summed E-state index contributed by atoms with van der Waals surface area (Å²) in [5.74, 6) is -0.878. The maximum absolute atomic E-state index is 12.7. The molecule has 6 heteroatoms. The summed E-state index contributed by atoms with van der Waals surface area (Å²) in [5, 5.41) is 0. The van der Waals surface area contributed by atoms with Crippen molar-refractivity contribution in [3.63, 3.8) is 0 Å². The first kappa shape index (κ1) is 59.1. The number of rotatable bonds is 47. The van der Waals surface area contributed by atoms with Gasteiger partial charge in [0.2, 0.25) is 0 Å². The van der Waals surface area contributed by atoms with Crippen molar-refractivity contribution in [3.8, 4) is 0 Å². The Bertz CT molecular complexity index is 1130. The average molecular weight is 867 g/mol. The quantitative estimate of drug-likeness (QED) is 0.0262. The molecule has 0 aromatic heterocycles. The van der Waals surface area contributed by atoms with E-state index in [0.29, 0.717) is 19.3 Å². The predicted octanol–water partition coefficient (Wildman–Crippen LogP) is 17.3. The van der Waals surface area contributed by atoms with E-state index in [9.17, 15) is 14.4 Å². The van der Waals surface area contributed by atoms with Gasteiger partial charge in [0.25, 0.3) is 0 Å². The Morgan fingerprint density at radius 3 is 0.984 bits per heavy atom. The van der Waals surface area contributed by atoms with E-state index >= 15 is 0 Å². The van der Waals surface area contributed by atoms with Crippen LogP contribution >= 0.6 is 0 Å². The van der Waals surface area contributed by atoms with Crippen LogP contribution in [-0.2, 0) is 28.6 Å². The largest absolute Gasteiger partial charge is 0.462 e. The Kier molecular flexibility index (Phi) is 48.4. The van der Waals surface area contributed by atoms with Crippen molar-refractivity contribution in [2.45, 2.75) is 264 Å². The van der Waals surface area contributed by atoms with Crippen LogP contribution in [0.1, 0.15) is 258 Å². The minimum absolute atomic E-state index is 0.0717. The van der Waals surface area contributed by atoms with Crippen LogP contribution in [0.2, 0.25) is 0 Å². The fraction of sp³-hybridized carbons (Fsp3) is 0.768. The number of ether oxygens (including phenoxy) is 3. The molecule has 0 spiro atoms. The Balaban J connectivity index is 4.08. The second kappa shape index (κ2) is 50.8. The van der Waals surface area contributed by atoms with Gasteiger partial charge in [-0.15, -0.1) is 0 Å². The van der Waals surface area contributed by atoms with Crippen molar-refractivity contribution >= 4 is 17.9 Å². The molecule has 0 amide bonds. The maximum Gasteiger partial charge on any atom is 0.306 e. The summed E-state index contributed by atoms with van der Waals surface area (Å²) in [4.78, 5) is 37.7. The van der Waals surface area contributed by atoms with Gasteiger partial charge in [-0.3, -0.25) is 14.4 Å². The predicted molar refractivity (Wildman–Crippen MR) is 265 cm³/mol. The molecule has 0 heterocycles. The number of esters is 3. The number of unbranched alkanes of at least 4 members (excludes halogenated alkanes) is 26. The van der Waals surface area contributed by atoms with E-state index in [1.807, 2.05) is 0 Å². The monoisotopic (exact) mass is 867 g/mol. The smallest absolute Gasteiger partial charge is 0.306 e. The SMILES string of the molecule is CC/C=C\C/C=C\C/C=C\C/C=C\C/C=C\CCCCCCCCCCCCCC(=O)OCC(COC(=O)CCCCCCCCCC)OC(=O)CCCCCCCCCCC. The number of carbonyl (C=O) groups excluding carboxylic acids is 3. The zero-order valence-electron chi connectivity index (χ0n) is 40.9. The molecule has 0 aromatic carbocycles. The van der Waals surface area contributed by atoms with Gasteiger partial charge in [0, 0.05) is 19.3 Å². The molecule has 6 nitrogen and oxygen atoms in total. The average Bonchev–Trinajstić information content (AvgIpc) is 3.27. The first-order valence-electron chi connectivity index (χ1n) is 26.3. The number of hydrogen-bond donors (Lipinski definition) is 0. The van der Waals surface area contributed by atoms with Crippen LogP contribution in [0.25, 0.3) is 0 Å². The second-order valence-electron chi connectivity index (χ2n) is 17.4. The second-order valence-corrected chi connectivity index (χ2v) is 17.4. The van der Waals surface area contributed by atoms with Gasteiger partial charge in [-0.25, -0.2) is 0 Å². The topological polar surface area (TPSA) is 78.9 Å². The standard InChI is InChI=1S/C56H98O6/c1-4-7-10-13-16-19-20-21-22-23-24-25-26-27-28-29-30-31-32-33-34-35-36-38-40-43-46-49-55(58)61-52-53(51-60-54(57)48-45-42-39-18-15-12-9-6-3)62-56(59)50-47-44-41-37-17-14-11-8-5-2/h7,10,16,19,21-22,24-25,27-28,53H,4-6,8-9,11-15,17-18,20,23,26,29-52H2,1-3H3/b10-7-,19-16-,22-21-,25-24-,28-27-. The minimum Gasteiger partial charge on any atom is -0.462 e. The molecule has 0 saturated heterocycles. The molecule has 0 aliphatic heterocycles. The Morgan fingerprint density at radius 1 is 0.339 bits per heavy atom. The van der Waals surface area contributed by atoms with Crippen molar-refractivity contribution < 1.29 is 28.6 Å². The van der Waals surface area contributed by atoms with Crippen LogP contribution in [-0.4, -0.2) is 37.2 Å². The lowest BCUT2D eigenvalue weighted by Crippen LogP contribution is -2.30. The van der Waals surface area contributed by atoms with Gasteiger partial charge >= 0.3 is 17.9 Å². The highest BCUT2D eigenvalue weighted by atomic mass is 16.6. The van der Waals surface area contributed by atoms with Crippen molar-refractivity contribution in [1.29, 1.82) is 0 Å². The van der Waals surface area contributed by atoms with E-state index in [2.05, 4.69) is 81.5 Å². The van der Waals surface area contributed by atoms with Gasteiger partial charge in [0.15, 0.2) is 6.10 Å². The van der Waals surface area contributed by atoms with Crippen LogP contribution in [0.5, 0.6) is 0 Å². The highest BCUT2D eigenvalue weighted by molar-refractivity contribution is 5.71. The molecular weight excluding hydrogens is 769 g/mol. The van der Waals surface area contributed by atoms with E-state index in [-0.39, 0.29) is 31.1 Å². The lowest BCUT2D eigenvalue weighted by Gasteiger charge is -2.18. The summed E-state index contributed by atoms with van der Waals surface area (Å²) in [6.45, 7) is 6.48. The van der Waals surface area contributed by atoms with E-state index in [1.54, 1.807) is 0 Å². The normalized spacial score (nSPS) is 12.5. The fourth-order valence-corrected chi connectivity index (χ4v) is 7.35. The van der Waals surface area contributed by atoms with Crippen molar-refractivity contribution in [3.05, 3.63) is 60.8 Å². The Hall–Kier alpha value is -2.89. The summed E-state index contributed by atoms with van der Waals surface area (Å²) in [5.41, 5.74) is 0. The molecule has 0 radical (unpaired) electrons. The molecule has 0 rings (SSSR count). The third-order valence-electron chi connectivity index (χ3n) is 11.3. The minimum atomic E-state index is -0.767. The molecule has 0 bridgehead atoms. The maximum atomic E-state index is 12.7. The molecule has 0 aliphatic rings. The molecular formula is C56H98O6. The molecule has 0 aromatic rings. The molecule has 0 saturated carbocycles. The number of allylic oxidation sites excluding steroid dienone is 10. The fourth-order valence-electron chi connectivity index (χ4n) is 7.35. The summed E-state index contributed by atoms with van der Waals surface area (Å²) >= 11 is 0. The van der Waals surface area contributed by atoms with Crippen molar-refractivity contribution in [1.82, 2.24) is 0 Å². The molecule has 0 aliphatic carbocycles. The lowest BCUT2D eigenvalue weighted by molar-refractivity contribution is -0.167. The third-order valence-corrected chi connectivity index (χ3v) is 11.3. The highest BCUT2D eigenvalue weighted by Gasteiger charge is 2.19. The third kappa shape index (κ3) is 48.1. The molecule has 1 unspecified atom stereocenters. The summed E-state index contributed by atoms with van der Waals surface area (Å²) in [7, 11) is 0. The zero-order valence-corrected chi connectivity index (χ0v) is 40.9. The van der Waals surface area contributed by atoms with Crippen molar-refractivity contribution in [2.24, 2.45) is 0 Å². The summed E-state index contributed by atoms with van der Waals surface area (Å²) in [6, 6.07) is 0. The Morgan fingerprint density at radius 2 is 0.629 bits per heavy atom. The number of hydrogen-bond acceptors (Lipinski definition) is 6. The lowest BCUT2D eigenvalue weighted by atomic mass is 10.0. The van der Waals surface area contributed by atoms with E-state index < -0.39 is 6.10 Å². The molecule has 0 N–H and O–H groups in total. The van der Waals surface area contributed by atoms with Gasteiger partial charge in [0.05, 0.1) is 0 Å². The van der Waals surface area contributed by atoms with Crippen LogP contribution in [0.4, 0.5) is 0 Å². The van der Waals surface area contributed by atoms with Crippen molar-refractivity contribution in [2.75, 3.05) is 13.2 Å². The zero-order chi connectivity index (χ0) is 45.1. The number of carbonyl (C=O) groups is 3. The van der Waals surface area contributed by atoms with E-state index in [1.165, 1.54) is 128 Å². The van der Waals surface area contributed by atoms with Crippen LogP contribution in [0.3, 0.4) is 0 Å². The highest BCUT2D eigenvalue weighted by Crippen LogP contribution is 2.15. The Labute approximate surface area is 383 Å². The summed E-state index contributed by atoms with van der Waals surface area (Å²) < 4.78 is 16.7. The van der Waals surface area contributed by atoms with Crippen LogP contribution in [0.15, 0.2) is 60.8 Å². The molecule has 1 atom stereocenters. The van der Waals surface area contributed by atoms with Gasteiger partial charge in [-0.2, -0.15) is 0 Å². The first-order chi connectivity index (χ1) is 30.5.